The van der Waals surface area contributed by atoms with Crippen LogP contribution in [0, 0.1) is 0 Å². The van der Waals surface area contributed by atoms with Crippen molar-refractivity contribution in [2.24, 2.45) is 0 Å². The van der Waals surface area contributed by atoms with Gasteiger partial charge in [-0.3, -0.25) is 0 Å². The first-order valence-electron chi connectivity index (χ1n) is 6.94. The van der Waals surface area contributed by atoms with E-state index in [0.29, 0.717) is 22.7 Å². The van der Waals surface area contributed by atoms with Crippen LogP contribution < -0.4 is 10.1 Å². The number of benzene rings is 2. The first-order chi connectivity index (χ1) is 10.1. The molecule has 0 aromatic heterocycles. The first kappa shape index (κ1) is 16.2. The molecular weight excluding hydrogens is 305 g/mol. The number of hydrogen-bond acceptors (Lipinski definition) is 2. The van der Waals surface area contributed by atoms with Gasteiger partial charge in [-0.05, 0) is 23.8 Å². The van der Waals surface area contributed by atoms with Crippen molar-refractivity contribution in [3.8, 4) is 5.75 Å². The van der Waals surface area contributed by atoms with E-state index < -0.39 is 0 Å². The highest BCUT2D eigenvalue weighted by atomic mass is 35.5. The van der Waals surface area contributed by atoms with Gasteiger partial charge in [0.1, 0.15) is 12.4 Å². The summed E-state index contributed by atoms with van der Waals surface area (Å²) in [6, 6.07) is 14.1. The van der Waals surface area contributed by atoms with Gasteiger partial charge in [-0.1, -0.05) is 61.3 Å². The van der Waals surface area contributed by atoms with Crippen LogP contribution in [0.15, 0.2) is 42.5 Å². The molecule has 2 aromatic rings. The smallest absolute Gasteiger partial charge is 0.119 e. The van der Waals surface area contributed by atoms with Gasteiger partial charge in [0.2, 0.25) is 0 Å². The molecule has 0 aliphatic rings. The number of nitrogens with one attached hydrogen (secondary N) is 1. The molecule has 0 saturated carbocycles. The lowest BCUT2D eigenvalue weighted by Gasteiger charge is -2.10. The molecule has 0 saturated heterocycles. The second-order valence-electron chi connectivity index (χ2n) is 5.18. The molecule has 2 rings (SSSR count). The molecule has 21 heavy (non-hydrogen) atoms. The Bertz CT molecular complexity index is 582. The maximum absolute atomic E-state index is 6.14. The summed E-state index contributed by atoms with van der Waals surface area (Å²) in [6.45, 7) is 5.53. The average Bonchev–Trinajstić information content (AvgIpc) is 2.48. The monoisotopic (exact) mass is 323 g/mol. The van der Waals surface area contributed by atoms with Crippen LogP contribution in [0.1, 0.15) is 25.0 Å². The topological polar surface area (TPSA) is 21.3 Å². The Balaban J connectivity index is 1.93. The van der Waals surface area contributed by atoms with Gasteiger partial charge in [0.05, 0.1) is 10.0 Å². The van der Waals surface area contributed by atoms with E-state index in [-0.39, 0.29) is 0 Å². The summed E-state index contributed by atoms with van der Waals surface area (Å²) in [4.78, 5) is 0. The Morgan fingerprint density at radius 1 is 1.05 bits per heavy atom. The number of rotatable bonds is 6. The molecule has 112 valence electrons. The van der Waals surface area contributed by atoms with E-state index in [0.717, 1.165) is 17.9 Å². The predicted octanol–water partition coefficient (Wildman–Crippen LogP) is 5.07. The molecule has 0 heterocycles. The SMILES string of the molecule is CC(C)NCc1ccc(OCc2cccc(Cl)c2Cl)cc1. The Kier molecular flexibility index (Phi) is 5.92. The third-order valence-electron chi connectivity index (χ3n) is 3.06. The van der Waals surface area contributed by atoms with Crippen molar-refractivity contribution in [2.75, 3.05) is 0 Å². The van der Waals surface area contributed by atoms with Crippen molar-refractivity contribution in [3.63, 3.8) is 0 Å². The molecule has 0 aliphatic carbocycles. The van der Waals surface area contributed by atoms with Crippen molar-refractivity contribution in [2.45, 2.75) is 33.0 Å². The second kappa shape index (κ2) is 7.69. The summed E-state index contributed by atoms with van der Waals surface area (Å²) >= 11 is 12.1. The van der Waals surface area contributed by atoms with Gasteiger partial charge < -0.3 is 10.1 Å². The summed E-state index contributed by atoms with van der Waals surface area (Å²) in [5, 5.41) is 4.48. The van der Waals surface area contributed by atoms with Crippen LogP contribution in [-0.4, -0.2) is 6.04 Å². The molecule has 0 spiro atoms. The standard InChI is InChI=1S/C17H19Cl2NO/c1-12(2)20-10-13-6-8-15(9-7-13)21-11-14-4-3-5-16(18)17(14)19/h3-9,12,20H,10-11H2,1-2H3. The molecule has 0 fully saturated rings. The average molecular weight is 324 g/mol. The summed E-state index contributed by atoms with van der Waals surface area (Å²) in [7, 11) is 0. The minimum atomic E-state index is 0.406. The summed E-state index contributed by atoms with van der Waals surface area (Å²) in [5.74, 6) is 0.819. The quantitative estimate of drug-likeness (QED) is 0.801. The fourth-order valence-electron chi connectivity index (χ4n) is 1.85. The van der Waals surface area contributed by atoms with E-state index in [1.807, 2.05) is 24.3 Å². The Labute approximate surface area is 136 Å². The molecule has 0 bridgehead atoms. The van der Waals surface area contributed by atoms with E-state index >= 15 is 0 Å². The first-order valence-corrected chi connectivity index (χ1v) is 7.70. The molecule has 2 aromatic carbocycles. The zero-order valence-electron chi connectivity index (χ0n) is 12.2. The largest absolute Gasteiger partial charge is 0.489 e. The van der Waals surface area contributed by atoms with Gasteiger partial charge in [0.15, 0.2) is 0 Å². The molecular formula is C17H19Cl2NO. The molecule has 0 radical (unpaired) electrons. The van der Waals surface area contributed by atoms with Crippen LogP contribution in [0.5, 0.6) is 5.75 Å². The van der Waals surface area contributed by atoms with Crippen LogP contribution in [0.25, 0.3) is 0 Å². The third-order valence-corrected chi connectivity index (χ3v) is 3.92. The Morgan fingerprint density at radius 2 is 1.76 bits per heavy atom. The molecule has 0 atom stereocenters. The normalized spacial score (nSPS) is 10.9. The molecule has 4 heteroatoms. The lowest BCUT2D eigenvalue weighted by Crippen LogP contribution is -2.21. The lowest BCUT2D eigenvalue weighted by atomic mass is 10.2. The van der Waals surface area contributed by atoms with E-state index in [4.69, 9.17) is 27.9 Å². The number of hydrogen-bond donors (Lipinski definition) is 1. The van der Waals surface area contributed by atoms with Gasteiger partial charge in [-0.2, -0.15) is 0 Å². The van der Waals surface area contributed by atoms with Crippen LogP contribution in [0.2, 0.25) is 10.0 Å². The minimum Gasteiger partial charge on any atom is -0.489 e. The number of halogens is 2. The van der Waals surface area contributed by atoms with E-state index in [1.165, 1.54) is 5.56 Å². The summed E-state index contributed by atoms with van der Waals surface area (Å²) in [6.07, 6.45) is 0. The van der Waals surface area contributed by atoms with Gasteiger partial charge in [-0.15, -0.1) is 0 Å². The van der Waals surface area contributed by atoms with E-state index in [2.05, 4.69) is 31.3 Å². The van der Waals surface area contributed by atoms with Crippen molar-refractivity contribution >= 4 is 23.2 Å². The minimum absolute atomic E-state index is 0.406. The van der Waals surface area contributed by atoms with Crippen molar-refractivity contribution < 1.29 is 4.74 Å². The van der Waals surface area contributed by atoms with Crippen LogP contribution >= 0.6 is 23.2 Å². The van der Waals surface area contributed by atoms with E-state index in [9.17, 15) is 0 Å². The van der Waals surface area contributed by atoms with Crippen LogP contribution in [0.3, 0.4) is 0 Å². The summed E-state index contributed by atoms with van der Waals surface area (Å²) in [5.41, 5.74) is 2.12. The Hall–Kier alpha value is -1.22. The van der Waals surface area contributed by atoms with Gasteiger partial charge in [0.25, 0.3) is 0 Å². The van der Waals surface area contributed by atoms with Crippen molar-refractivity contribution in [3.05, 3.63) is 63.6 Å². The fraction of sp³-hybridized carbons (Fsp3) is 0.294. The summed E-state index contributed by atoms with van der Waals surface area (Å²) < 4.78 is 5.74. The van der Waals surface area contributed by atoms with Crippen molar-refractivity contribution in [1.29, 1.82) is 0 Å². The lowest BCUT2D eigenvalue weighted by molar-refractivity contribution is 0.306. The molecule has 2 nitrogen and oxygen atoms in total. The maximum atomic E-state index is 6.14. The fourth-order valence-corrected chi connectivity index (χ4v) is 2.22. The van der Waals surface area contributed by atoms with Gasteiger partial charge in [-0.25, -0.2) is 0 Å². The van der Waals surface area contributed by atoms with Crippen LogP contribution in [0.4, 0.5) is 0 Å². The highest BCUT2D eigenvalue weighted by Gasteiger charge is 2.05. The molecule has 1 N–H and O–H groups in total. The van der Waals surface area contributed by atoms with Crippen LogP contribution in [-0.2, 0) is 13.2 Å². The van der Waals surface area contributed by atoms with Gasteiger partial charge >= 0.3 is 0 Å². The second-order valence-corrected chi connectivity index (χ2v) is 5.97. The van der Waals surface area contributed by atoms with Crippen molar-refractivity contribution in [1.82, 2.24) is 5.32 Å². The number of ether oxygens (including phenoxy) is 1. The zero-order chi connectivity index (χ0) is 15.2. The maximum Gasteiger partial charge on any atom is 0.119 e. The molecule has 0 amide bonds. The van der Waals surface area contributed by atoms with E-state index in [1.54, 1.807) is 6.07 Å². The molecule has 0 unspecified atom stereocenters. The third kappa shape index (κ3) is 4.92. The predicted molar refractivity (Wildman–Crippen MR) is 89.2 cm³/mol. The zero-order valence-corrected chi connectivity index (χ0v) is 13.7. The highest BCUT2D eigenvalue weighted by molar-refractivity contribution is 6.42. The molecule has 0 aliphatic heterocycles. The van der Waals surface area contributed by atoms with Gasteiger partial charge in [0, 0.05) is 18.2 Å². The Morgan fingerprint density at radius 3 is 2.43 bits per heavy atom. The highest BCUT2D eigenvalue weighted by Crippen LogP contribution is 2.26.